The highest BCUT2D eigenvalue weighted by Gasteiger charge is 2.36. The van der Waals surface area contributed by atoms with E-state index in [1.807, 2.05) is 28.8 Å². The van der Waals surface area contributed by atoms with Crippen LogP contribution in [0.5, 0.6) is 0 Å². The molecular formula is C13H20N4S. The summed E-state index contributed by atoms with van der Waals surface area (Å²) in [7, 11) is 0. The molecule has 0 bridgehead atoms. The minimum atomic E-state index is 0.242. The molecule has 1 fully saturated rings. The van der Waals surface area contributed by atoms with Crippen LogP contribution >= 0.6 is 11.8 Å². The molecule has 98 valence electrons. The SMILES string of the molecule is CCn1cc(NC2=NC3(CCCCC3)CS2)cn1. The van der Waals surface area contributed by atoms with E-state index in [1.165, 1.54) is 32.1 Å². The van der Waals surface area contributed by atoms with Crippen molar-refractivity contribution < 1.29 is 0 Å². The molecule has 0 atom stereocenters. The number of thioether (sulfide) groups is 1. The highest BCUT2D eigenvalue weighted by Crippen LogP contribution is 2.39. The zero-order valence-electron chi connectivity index (χ0n) is 10.9. The number of nitrogens with one attached hydrogen (secondary N) is 1. The van der Waals surface area contributed by atoms with Gasteiger partial charge in [0.2, 0.25) is 0 Å². The van der Waals surface area contributed by atoms with E-state index in [1.54, 1.807) is 0 Å². The van der Waals surface area contributed by atoms with Gasteiger partial charge >= 0.3 is 0 Å². The maximum Gasteiger partial charge on any atom is 0.161 e. The van der Waals surface area contributed by atoms with E-state index in [9.17, 15) is 0 Å². The number of hydrogen-bond donors (Lipinski definition) is 1. The summed E-state index contributed by atoms with van der Waals surface area (Å²) in [4.78, 5) is 4.94. The lowest BCUT2D eigenvalue weighted by atomic mass is 9.84. The Kier molecular flexibility index (Phi) is 3.33. The molecule has 0 unspecified atom stereocenters. The van der Waals surface area contributed by atoms with Crippen molar-refractivity contribution in [1.29, 1.82) is 0 Å². The average molecular weight is 264 g/mol. The topological polar surface area (TPSA) is 42.2 Å². The Hall–Kier alpha value is -0.970. The fourth-order valence-electron chi connectivity index (χ4n) is 2.74. The summed E-state index contributed by atoms with van der Waals surface area (Å²) < 4.78 is 1.93. The lowest BCUT2D eigenvalue weighted by molar-refractivity contribution is 0.335. The van der Waals surface area contributed by atoms with Crippen LogP contribution in [0, 0.1) is 0 Å². The Morgan fingerprint density at radius 1 is 1.39 bits per heavy atom. The molecule has 0 amide bonds. The van der Waals surface area contributed by atoms with Crippen LogP contribution in [-0.2, 0) is 6.54 Å². The zero-order chi connectivity index (χ0) is 12.4. The molecule has 1 N–H and O–H groups in total. The van der Waals surface area contributed by atoms with E-state index >= 15 is 0 Å². The third-order valence-corrected chi connectivity index (χ3v) is 4.96. The summed E-state index contributed by atoms with van der Waals surface area (Å²) in [5.41, 5.74) is 1.29. The van der Waals surface area contributed by atoms with Gasteiger partial charge in [-0.3, -0.25) is 9.67 Å². The molecule has 5 heteroatoms. The monoisotopic (exact) mass is 264 g/mol. The summed E-state index contributed by atoms with van der Waals surface area (Å²) >= 11 is 1.86. The summed E-state index contributed by atoms with van der Waals surface area (Å²) in [6, 6.07) is 0. The molecule has 0 saturated heterocycles. The quantitative estimate of drug-likeness (QED) is 0.892. The summed E-state index contributed by atoms with van der Waals surface area (Å²) in [6.45, 7) is 3.00. The standard InChI is InChI=1S/C13H20N4S/c1-2-17-9-11(8-14-17)15-12-16-13(10-18-12)6-4-3-5-7-13/h8-9H,2-7,10H2,1H3,(H,15,16). The van der Waals surface area contributed by atoms with Gasteiger partial charge < -0.3 is 5.32 Å². The van der Waals surface area contributed by atoms with Gasteiger partial charge in [-0.15, -0.1) is 0 Å². The lowest BCUT2D eigenvalue weighted by Crippen LogP contribution is -2.29. The third-order valence-electron chi connectivity index (χ3n) is 3.81. The van der Waals surface area contributed by atoms with Crippen LogP contribution in [-0.4, -0.2) is 26.2 Å². The van der Waals surface area contributed by atoms with E-state index in [0.29, 0.717) is 0 Å². The first-order chi connectivity index (χ1) is 8.80. The molecule has 2 aliphatic rings. The summed E-state index contributed by atoms with van der Waals surface area (Å²) in [6.07, 6.45) is 10.5. The number of aliphatic imine (C=N–C) groups is 1. The van der Waals surface area contributed by atoms with Gasteiger partial charge in [0.05, 0.1) is 17.4 Å². The van der Waals surface area contributed by atoms with Crippen molar-refractivity contribution >= 4 is 22.6 Å². The van der Waals surface area contributed by atoms with Gasteiger partial charge in [0.1, 0.15) is 0 Å². The van der Waals surface area contributed by atoms with Crippen molar-refractivity contribution in [2.45, 2.75) is 51.1 Å². The maximum absolute atomic E-state index is 4.94. The number of amidine groups is 1. The first-order valence-electron chi connectivity index (χ1n) is 6.82. The number of nitrogens with zero attached hydrogens (tertiary/aromatic N) is 3. The van der Waals surface area contributed by atoms with Gasteiger partial charge in [0, 0.05) is 18.5 Å². The number of anilines is 1. The predicted molar refractivity (Wildman–Crippen MR) is 77.2 cm³/mol. The summed E-state index contributed by atoms with van der Waals surface area (Å²) in [5.74, 6) is 1.15. The van der Waals surface area contributed by atoms with Crippen molar-refractivity contribution in [3.05, 3.63) is 12.4 Å². The first kappa shape index (κ1) is 12.1. The van der Waals surface area contributed by atoms with E-state index in [0.717, 1.165) is 23.2 Å². The molecule has 1 aliphatic heterocycles. The predicted octanol–water partition coefficient (Wildman–Crippen LogP) is 3.12. The highest BCUT2D eigenvalue weighted by molar-refractivity contribution is 8.14. The first-order valence-corrected chi connectivity index (χ1v) is 7.80. The van der Waals surface area contributed by atoms with E-state index in [2.05, 4.69) is 17.3 Å². The molecule has 0 aromatic carbocycles. The maximum atomic E-state index is 4.94. The molecule has 0 radical (unpaired) electrons. The fourth-order valence-corrected chi connectivity index (χ4v) is 3.94. The summed E-state index contributed by atoms with van der Waals surface area (Å²) in [5, 5.41) is 8.74. The normalized spacial score (nSPS) is 22.2. The van der Waals surface area contributed by atoms with E-state index in [-0.39, 0.29) is 5.54 Å². The Bertz CT molecular complexity index is 446. The number of rotatable bonds is 2. The van der Waals surface area contributed by atoms with Gasteiger partial charge in [0.25, 0.3) is 0 Å². The van der Waals surface area contributed by atoms with Crippen molar-refractivity contribution in [2.75, 3.05) is 11.1 Å². The van der Waals surface area contributed by atoms with Crippen LogP contribution in [0.4, 0.5) is 5.69 Å². The highest BCUT2D eigenvalue weighted by atomic mass is 32.2. The molecule has 1 aliphatic carbocycles. The second-order valence-corrected chi connectivity index (χ2v) is 6.16. The van der Waals surface area contributed by atoms with Crippen LogP contribution in [0.25, 0.3) is 0 Å². The van der Waals surface area contributed by atoms with Crippen molar-refractivity contribution in [2.24, 2.45) is 4.99 Å². The second-order valence-electron chi connectivity index (χ2n) is 5.20. The smallest absolute Gasteiger partial charge is 0.161 e. The number of aryl methyl sites for hydroxylation is 1. The Morgan fingerprint density at radius 2 is 2.22 bits per heavy atom. The van der Waals surface area contributed by atoms with Gasteiger partial charge in [-0.25, -0.2) is 0 Å². The van der Waals surface area contributed by atoms with Gasteiger partial charge in [-0.2, -0.15) is 5.10 Å². The number of aromatic nitrogens is 2. The molecule has 4 nitrogen and oxygen atoms in total. The van der Waals surface area contributed by atoms with E-state index in [4.69, 9.17) is 4.99 Å². The molecule has 18 heavy (non-hydrogen) atoms. The average Bonchev–Trinajstić information content (AvgIpc) is 2.99. The van der Waals surface area contributed by atoms with Crippen LogP contribution in [0.3, 0.4) is 0 Å². The molecular weight excluding hydrogens is 244 g/mol. The third kappa shape index (κ3) is 2.41. The lowest BCUT2D eigenvalue weighted by Gasteiger charge is -2.29. The van der Waals surface area contributed by atoms with Gasteiger partial charge in [-0.1, -0.05) is 31.0 Å². The van der Waals surface area contributed by atoms with Crippen molar-refractivity contribution in [3.63, 3.8) is 0 Å². The molecule has 1 saturated carbocycles. The van der Waals surface area contributed by atoms with Crippen LogP contribution in [0.1, 0.15) is 39.0 Å². The second kappa shape index (κ2) is 4.96. The Balaban J connectivity index is 1.68. The van der Waals surface area contributed by atoms with Crippen LogP contribution in [0.15, 0.2) is 17.4 Å². The molecule has 2 heterocycles. The van der Waals surface area contributed by atoms with Crippen LogP contribution < -0.4 is 5.32 Å². The largest absolute Gasteiger partial charge is 0.332 e. The minimum Gasteiger partial charge on any atom is -0.332 e. The fraction of sp³-hybridized carbons (Fsp3) is 0.692. The Morgan fingerprint density at radius 3 is 2.94 bits per heavy atom. The zero-order valence-corrected chi connectivity index (χ0v) is 11.7. The van der Waals surface area contributed by atoms with Crippen LogP contribution in [0.2, 0.25) is 0 Å². The van der Waals surface area contributed by atoms with Gasteiger partial charge in [0.15, 0.2) is 5.17 Å². The van der Waals surface area contributed by atoms with Crippen molar-refractivity contribution in [1.82, 2.24) is 9.78 Å². The molecule has 1 spiro atoms. The number of hydrogen-bond acceptors (Lipinski definition) is 4. The van der Waals surface area contributed by atoms with Crippen molar-refractivity contribution in [3.8, 4) is 0 Å². The minimum absolute atomic E-state index is 0.242. The van der Waals surface area contributed by atoms with Gasteiger partial charge in [-0.05, 0) is 19.8 Å². The Labute approximate surface area is 112 Å². The van der Waals surface area contributed by atoms with E-state index < -0.39 is 0 Å². The molecule has 1 aromatic heterocycles. The molecule has 1 aromatic rings. The molecule has 3 rings (SSSR count).